The van der Waals surface area contributed by atoms with Crippen LogP contribution < -0.4 is 11.3 Å². The van der Waals surface area contributed by atoms with Crippen LogP contribution in [0.25, 0.3) is 0 Å². The van der Waals surface area contributed by atoms with E-state index in [1.54, 1.807) is 21.0 Å². The Labute approximate surface area is 118 Å². The number of nitrogens with zero attached hydrogens (tertiary/aromatic N) is 2. The Morgan fingerprint density at radius 1 is 1.25 bits per heavy atom. The van der Waals surface area contributed by atoms with E-state index in [4.69, 9.17) is 5.73 Å². The molecule has 0 aliphatic carbocycles. The van der Waals surface area contributed by atoms with Crippen molar-refractivity contribution < 1.29 is 8.42 Å². The van der Waals surface area contributed by atoms with Crippen molar-refractivity contribution in [1.82, 2.24) is 8.87 Å². The van der Waals surface area contributed by atoms with Crippen molar-refractivity contribution >= 4 is 10.0 Å². The van der Waals surface area contributed by atoms with E-state index >= 15 is 0 Å². The van der Waals surface area contributed by atoms with E-state index in [0.29, 0.717) is 19.6 Å². The normalized spacial score (nSPS) is 26.2. The van der Waals surface area contributed by atoms with Crippen LogP contribution in [0.1, 0.15) is 18.0 Å². The van der Waals surface area contributed by atoms with Crippen LogP contribution in [0.2, 0.25) is 0 Å². The first kappa shape index (κ1) is 13.8. The molecule has 1 fully saturated rings. The highest BCUT2D eigenvalue weighted by Crippen LogP contribution is 2.35. The topological polar surface area (TPSA) is 85.4 Å². The standard InChI is InChI=1S/C13H19N3O3S/c14-4-5-20(18,19)15-7-10-6-11(9-15)12-2-1-3-13(17)16(12)8-10/h1-3,10-11H,4-9,14H2/t10-,11+/m1/s1. The summed E-state index contributed by atoms with van der Waals surface area (Å²) in [5.74, 6) is 0.325. The summed E-state index contributed by atoms with van der Waals surface area (Å²) in [7, 11) is -3.27. The molecule has 0 spiro atoms. The Kier molecular flexibility index (Phi) is 3.43. The molecule has 110 valence electrons. The van der Waals surface area contributed by atoms with Crippen molar-refractivity contribution in [2.24, 2.45) is 11.7 Å². The third-order valence-electron chi connectivity index (χ3n) is 4.22. The molecule has 6 nitrogen and oxygen atoms in total. The van der Waals surface area contributed by atoms with Gasteiger partial charge in [-0.1, -0.05) is 6.07 Å². The van der Waals surface area contributed by atoms with Crippen molar-refractivity contribution in [2.45, 2.75) is 18.9 Å². The van der Waals surface area contributed by atoms with E-state index in [-0.39, 0.29) is 29.7 Å². The molecular weight excluding hydrogens is 278 g/mol. The Morgan fingerprint density at radius 3 is 2.80 bits per heavy atom. The monoisotopic (exact) mass is 297 g/mol. The van der Waals surface area contributed by atoms with Crippen molar-refractivity contribution in [3.63, 3.8) is 0 Å². The van der Waals surface area contributed by atoms with Gasteiger partial charge >= 0.3 is 0 Å². The fraction of sp³-hybridized carbons (Fsp3) is 0.615. The average Bonchev–Trinajstić information content (AvgIpc) is 2.40. The molecule has 3 heterocycles. The largest absolute Gasteiger partial charge is 0.329 e. The average molecular weight is 297 g/mol. The van der Waals surface area contributed by atoms with Gasteiger partial charge < -0.3 is 10.3 Å². The molecule has 2 atom stereocenters. The molecule has 1 aromatic heterocycles. The van der Waals surface area contributed by atoms with Gasteiger partial charge in [0.2, 0.25) is 10.0 Å². The molecule has 7 heteroatoms. The van der Waals surface area contributed by atoms with Gasteiger partial charge in [-0.15, -0.1) is 0 Å². The quantitative estimate of drug-likeness (QED) is 0.819. The number of nitrogens with two attached hydrogens (primary N) is 1. The second-order valence-corrected chi connectivity index (χ2v) is 7.71. The molecule has 0 unspecified atom stereocenters. The van der Waals surface area contributed by atoms with Gasteiger partial charge in [-0.05, 0) is 18.4 Å². The van der Waals surface area contributed by atoms with E-state index in [9.17, 15) is 13.2 Å². The lowest BCUT2D eigenvalue weighted by molar-refractivity contribution is 0.186. The van der Waals surface area contributed by atoms with E-state index in [0.717, 1.165) is 12.1 Å². The lowest BCUT2D eigenvalue weighted by Gasteiger charge is -2.42. The number of piperidine rings is 1. The molecule has 2 bridgehead atoms. The molecule has 2 N–H and O–H groups in total. The van der Waals surface area contributed by atoms with Crippen LogP contribution in [-0.4, -0.2) is 42.7 Å². The number of pyridine rings is 1. The van der Waals surface area contributed by atoms with Gasteiger partial charge in [-0.3, -0.25) is 4.79 Å². The second kappa shape index (κ2) is 4.98. The predicted molar refractivity (Wildman–Crippen MR) is 76.0 cm³/mol. The molecule has 1 saturated heterocycles. The van der Waals surface area contributed by atoms with Gasteiger partial charge in [-0.2, -0.15) is 0 Å². The molecule has 2 aliphatic rings. The number of rotatable bonds is 3. The zero-order valence-electron chi connectivity index (χ0n) is 11.2. The lowest BCUT2D eigenvalue weighted by Crippen LogP contribution is -2.50. The molecule has 0 saturated carbocycles. The first-order valence-electron chi connectivity index (χ1n) is 6.89. The molecule has 1 aromatic rings. The van der Waals surface area contributed by atoms with Crippen LogP contribution in [-0.2, 0) is 16.6 Å². The summed E-state index contributed by atoms with van der Waals surface area (Å²) in [6.07, 6.45) is 0.956. The number of aromatic nitrogens is 1. The second-order valence-electron chi connectivity index (χ2n) is 5.62. The summed E-state index contributed by atoms with van der Waals surface area (Å²) in [4.78, 5) is 11.9. The fourth-order valence-corrected chi connectivity index (χ4v) is 4.76. The number of sulfonamides is 1. The summed E-state index contributed by atoms with van der Waals surface area (Å²) >= 11 is 0. The minimum Gasteiger partial charge on any atom is -0.329 e. The SMILES string of the molecule is NCCS(=O)(=O)N1C[C@H]2C[C@@H](C1)c1cccc(=O)n1C2. The highest BCUT2D eigenvalue weighted by atomic mass is 32.2. The van der Waals surface area contributed by atoms with E-state index in [1.165, 1.54) is 0 Å². The van der Waals surface area contributed by atoms with Crippen LogP contribution in [0, 0.1) is 5.92 Å². The first-order chi connectivity index (χ1) is 9.51. The number of hydrogen-bond donors (Lipinski definition) is 1. The molecule has 0 aromatic carbocycles. The zero-order valence-corrected chi connectivity index (χ0v) is 12.1. The molecule has 0 amide bonds. The first-order valence-corrected chi connectivity index (χ1v) is 8.50. The number of fused-ring (bicyclic) bond motifs is 4. The molecule has 20 heavy (non-hydrogen) atoms. The van der Waals surface area contributed by atoms with Crippen molar-refractivity contribution in [1.29, 1.82) is 0 Å². The minimum absolute atomic E-state index is 0.00592. The van der Waals surface area contributed by atoms with Crippen molar-refractivity contribution in [3.05, 3.63) is 34.2 Å². The van der Waals surface area contributed by atoms with Crippen molar-refractivity contribution in [2.75, 3.05) is 25.4 Å². The Morgan fingerprint density at radius 2 is 2.05 bits per heavy atom. The highest BCUT2D eigenvalue weighted by Gasteiger charge is 2.38. The maximum Gasteiger partial charge on any atom is 0.250 e. The highest BCUT2D eigenvalue weighted by molar-refractivity contribution is 7.89. The Balaban J connectivity index is 1.93. The molecule has 3 rings (SSSR count). The number of hydrogen-bond acceptors (Lipinski definition) is 4. The van der Waals surface area contributed by atoms with Crippen LogP contribution >= 0.6 is 0 Å². The third-order valence-corrected chi connectivity index (χ3v) is 6.05. The summed E-state index contributed by atoms with van der Waals surface area (Å²) in [6, 6.07) is 5.25. The van der Waals surface area contributed by atoms with Gasteiger partial charge in [0.25, 0.3) is 5.56 Å². The van der Waals surface area contributed by atoms with Crippen LogP contribution in [0.3, 0.4) is 0 Å². The van der Waals surface area contributed by atoms with E-state index < -0.39 is 10.0 Å². The molecule has 0 radical (unpaired) electrons. The maximum absolute atomic E-state index is 12.2. The summed E-state index contributed by atoms with van der Waals surface area (Å²) in [6.45, 7) is 1.71. The predicted octanol–water partition coefficient (Wildman–Crippen LogP) is -0.444. The summed E-state index contributed by atoms with van der Waals surface area (Å²) in [5.41, 5.74) is 6.35. The fourth-order valence-electron chi connectivity index (χ4n) is 3.36. The van der Waals surface area contributed by atoms with Gasteiger partial charge in [0.1, 0.15) is 0 Å². The van der Waals surface area contributed by atoms with Gasteiger partial charge in [0.05, 0.1) is 5.75 Å². The maximum atomic E-state index is 12.2. The van der Waals surface area contributed by atoms with Gasteiger partial charge in [0, 0.05) is 43.9 Å². The van der Waals surface area contributed by atoms with E-state index in [1.807, 2.05) is 6.07 Å². The minimum atomic E-state index is -3.27. The van der Waals surface area contributed by atoms with Gasteiger partial charge in [0.15, 0.2) is 0 Å². The Hall–Kier alpha value is -1.18. The lowest BCUT2D eigenvalue weighted by atomic mass is 9.84. The van der Waals surface area contributed by atoms with Gasteiger partial charge in [-0.25, -0.2) is 12.7 Å². The van der Waals surface area contributed by atoms with Crippen LogP contribution in [0.15, 0.2) is 23.0 Å². The molecular formula is C13H19N3O3S. The van der Waals surface area contributed by atoms with E-state index in [2.05, 4.69) is 0 Å². The summed E-state index contributed by atoms with van der Waals surface area (Å²) in [5, 5.41) is 0. The summed E-state index contributed by atoms with van der Waals surface area (Å²) < 4.78 is 27.7. The molecule has 2 aliphatic heterocycles. The Bertz CT molecular complexity index is 668. The third kappa shape index (κ3) is 2.30. The zero-order chi connectivity index (χ0) is 14.3. The smallest absolute Gasteiger partial charge is 0.250 e. The van der Waals surface area contributed by atoms with Crippen LogP contribution in [0.4, 0.5) is 0 Å². The van der Waals surface area contributed by atoms with Crippen molar-refractivity contribution in [3.8, 4) is 0 Å². The van der Waals surface area contributed by atoms with Crippen LogP contribution in [0.5, 0.6) is 0 Å².